The van der Waals surface area contributed by atoms with E-state index in [2.05, 4.69) is 15.3 Å². The smallest absolute Gasteiger partial charge is 0.273 e. The van der Waals surface area contributed by atoms with Crippen LogP contribution in [-0.4, -0.2) is 33.1 Å². The predicted molar refractivity (Wildman–Crippen MR) is 59.7 cm³/mol. The van der Waals surface area contributed by atoms with Gasteiger partial charge in [-0.3, -0.25) is 4.79 Å². The van der Waals surface area contributed by atoms with Crippen LogP contribution < -0.4 is 11.1 Å². The maximum absolute atomic E-state index is 11.6. The molecule has 88 valence electrons. The number of rotatable bonds is 4. The van der Waals surface area contributed by atoms with Crippen LogP contribution in [0.15, 0.2) is 12.4 Å². The summed E-state index contributed by atoms with van der Waals surface area (Å²) in [6.07, 6.45) is 3.35. The van der Waals surface area contributed by atoms with Crippen molar-refractivity contribution in [2.75, 3.05) is 12.3 Å². The predicted octanol–water partition coefficient (Wildman–Crippen LogP) is -0.0504. The number of aliphatic hydroxyl groups is 1. The zero-order valence-electron chi connectivity index (χ0n) is 9.40. The van der Waals surface area contributed by atoms with Crippen LogP contribution >= 0.6 is 0 Å². The SMILES string of the molecule is CC[C@@](C)(O)CNC(=O)c1nccnc1N. The second-order valence-electron chi connectivity index (χ2n) is 3.82. The van der Waals surface area contributed by atoms with Crippen LogP contribution in [-0.2, 0) is 0 Å². The average molecular weight is 224 g/mol. The molecule has 0 saturated heterocycles. The summed E-state index contributed by atoms with van der Waals surface area (Å²) >= 11 is 0. The van der Waals surface area contributed by atoms with Gasteiger partial charge >= 0.3 is 0 Å². The molecular weight excluding hydrogens is 208 g/mol. The highest BCUT2D eigenvalue weighted by Crippen LogP contribution is 2.07. The quantitative estimate of drug-likeness (QED) is 0.665. The van der Waals surface area contributed by atoms with Crippen molar-refractivity contribution >= 4 is 11.7 Å². The molecule has 1 aromatic heterocycles. The number of carbonyl (C=O) groups excluding carboxylic acids is 1. The molecule has 1 amide bonds. The Hall–Kier alpha value is -1.69. The Morgan fingerprint density at radius 2 is 2.19 bits per heavy atom. The molecule has 1 rings (SSSR count). The lowest BCUT2D eigenvalue weighted by atomic mass is 10.0. The summed E-state index contributed by atoms with van der Waals surface area (Å²) in [6.45, 7) is 3.63. The first kappa shape index (κ1) is 12.4. The zero-order chi connectivity index (χ0) is 12.2. The van der Waals surface area contributed by atoms with E-state index in [1.54, 1.807) is 6.92 Å². The van der Waals surface area contributed by atoms with Crippen molar-refractivity contribution in [2.45, 2.75) is 25.9 Å². The molecule has 6 heteroatoms. The first-order chi connectivity index (χ1) is 7.46. The summed E-state index contributed by atoms with van der Waals surface area (Å²) in [4.78, 5) is 19.2. The van der Waals surface area contributed by atoms with Crippen LogP contribution in [0, 0.1) is 0 Å². The number of amides is 1. The third-order valence-corrected chi connectivity index (χ3v) is 2.33. The van der Waals surface area contributed by atoms with E-state index in [4.69, 9.17) is 5.73 Å². The van der Waals surface area contributed by atoms with Gasteiger partial charge in [-0.2, -0.15) is 0 Å². The molecule has 0 fully saturated rings. The van der Waals surface area contributed by atoms with Gasteiger partial charge in [-0.05, 0) is 13.3 Å². The van der Waals surface area contributed by atoms with Crippen molar-refractivity contribution in [3.8, 4) is 0 Å². The number of nitrogen functional groups attached to an aromatic ring is 1. The number of hydrogen-bond donors (Lipinski definition) is 3. The monoisotopic (exact) mass is 224 g/mol. The van der Waals surface area contributed by atoms with Crippen LogP contribution in [0.4, 0.5) is 5.82 Å². The molecule has 6 nitrogen and oxygen atoms in total. The lowest BCUT2D eigenvalue weighted by molar-refractivity contribution is 0.0517. The van der Waals surface area contributed by atoms with Gasteiger partial charge in [0.2, 0.25) is 0 Å². The fourth-order valence-corrected chi connectivity index (χ4v) is 1.00. The van der Waals surface area contributed by atoms with Crippen molar-refractivity contribution in [1.29, 1.82) is 0 Å². The van der Waals surface area contributed by atoms with Crippen molar-refractivity contribution < 1.29 is 9.90 Å². The lowest BCUT2D eigenvalue weighted by Crippen LogP contribution is -2.40. The van der Waals surface area contributed by atoms with Crippen LogP contribution in [0.1, 0.15) is 30.8 Å². The molecule has 0 saturated carbocycles. The number of carbonyl (C=O) groups is 1. The fourth-order valence-electron chi connectivity index (χ4n) is 1.00. The number of nitrogens with zero attached hydrogens (tertiary/aromatic N) is 2. The molecule has 0 aliphatic heterocycles. The minimum absolute atomic E-state index is 0.0782. The van der Waals surface area contributed by atoms with Crippen LogP contribution in [0.25, 0.3) is 0 Å². The van der Waals surface area contributed by atoms with E-state index in [1.807, 2.05) is 6.92 Å². The molecule has 0 aliphatic rings. The Kier molecular flexibility index (Phi) is 3.78. The van der Waals surface area contributed by atoms with Crippen molar-refractivity contribution in [1.82, 2.24) is 15.3 Å². The van der Waals surface area contributed by atoms with Gasteiger partial charge in [0.25, 0.3) is 5.91 Å². The molecule has 4 N–H and O–H groups in total. The minimum atomic E-state index is -0.924. The van der Waals surface area contributed by atoms with Crippen LogP contribution in [0.2, 0.25) is 0 Å². The number of hydrogen-bond acceptors (Lipinski definition) is 5. The zero-order valence-corrected chi connectivity index (χ0v) is 9.40. The maximum atomic E-state index is 11.6. The standard InChI is InChI=1S/C10H16N4O2/c1-3-10(2,16)6-14-9(15)7-8(11)13-5-4-12-7/h4-5,16H,3,6H2,1-2H3,(H2,11,13)(H,14,15)/t10-/m1/s1. The maximum Gasteiger partial charge on any atom is 0.273 e. The molecule has 1 atom stereocenters. The highest BCUT2D eigenvalue weighted by molar-refractivity contribution is 5.96. The molecule has 1 heterocycles. The summed E-state index contributed by atoms with van der Waals surface area (Å²) in [5.41, 5.74) is 4.65. The Morgan fingerprint density at radius 3 is 2.75 bits per heavy atom. The third kappa shape index (κ3) is 3.16. The Morgan fingerprint density at radius 1 is 1.56 bits per heavy atom. The van der Waals surface area contributed by atoms with Crippen molar-refractivity contribution in [3.05, 3.63) is 18.1 Å². The van der Waals surface area contributed by atoms with Gasteiger partial charge in [0.15, 0.2) is 11.5 Å². The van der Waals surface area contributed by atoms with Crippen molar-refractivity contribution in [3.63, 3.8) is 0 Å². The Labute approximate surface area is 93.9 Å². The average Bonchev–Trinajstić information content (AvgIpc) is 2.27. The summed E-state index contributed by atoms with van der Waals surface area (Å²) < 4.78 is 0. The summed E-state index contributed by atoms with van der Waals surface area (Å²) in [6, 6.07) is 0. The van der Waals surface area contributed by atoms with E-state index < -0.39 is 11.5 Å². The third-order valence-electron chi connectivity index (χ3n) is 2.33. The number of anilines is 1. The van der Waals surface area contributed by atoms with Gasteiger partial charge in [-0.1, -0.05) is 6.92 Å². The van der Waals surface area contributed by atoms with E-state index in [9.17, 15) is 9.90 Å². The van der Waals surface area contributed by atoms with E-state index in [1.165, 1.54) is 12.4 Å². The van der Waals surface area contributed by atoms with E-state index in [0.717, 1.165) is 0 Å². The van der Waals surface area contributed by atoms with Gasteiger partial charge in [0.05, 0.1) is 5.60 Å². The Bertz CT molecular complexity index is 379. The molecule has 0 unspecified atom stereocenters. The first-order valence-corrected chi connectivity index (χ1v) is 5.03. The van der Waals surface area contributed by atoms with E-state index in [-0.39, 0.29) is 18.1 Å². The lowest BCUT2D eigenvalue weighted by Gasteiger charge is -2.21. The largest absolute Gasteiger partial charge is 0.388 e. The molecule has 0 aromatic carbocycles. The van der Waals surface area contributed by atoms with Gasteiger partial charge in [-0.25, -0.2) is 9.97 Å². The molecular formula is C10H16N4O2. The van der Waals surface area contributed by atoms with Crippen molar-refractivity contribution in [2.24, 2.45) is 0 Å². The van der Waals surface area contributed by atoms with Crippen LogP contribution in [0.5, 0.6) is 0 Å². The second kappa shape index (κ2) is 4.89. The summed E-state index contributed by atoms with van der Waals surface area (Å²) in [7, 11) is 0. The Balaban J connectivity index is 2.64. The fraction of sp³-hybridized carbons (Fsp3) is 0.500. The molecule has 0 spiro atoms. The normalized spacial score (nSPS) is 14.2. The number of aromatic nitrogens is 2. The summed E-state index contributed by atoms with van der Waals surface area (Å²) in [5, 5.41) is 12.3. The molecule has 1 aromatic rings. The topological polar surface area (TPSA) is 101 Å². The highest BCUT2D eigenvalue weighted by atomic mass is 16.3. The van der Waals surface area contributed by atoms with Gasteiger partial charge < -0.3 is 16.2 Å². The van der Waals surface area contributed by atoms with E-state index in [0.29, 0.717) is 6.42 Å². The van der Waals surface area contributed by atoms with E-state index >= 15 is 0 Å². The highest BCUT2D eigenvalue weighted by Gasteiger charge is 2.20. The number of nitrogens with one attached hydrogen (secondary N) is 1. The van der Waals surface area contributed by atoms with Gasteiger partial charge in [0, 0.05) is 18.9 Å². The molecule has 0 bridgehead atoms. The molecule has 0 radical (unpaired) electrons. The summed E-state index contributed by atoms with van der Waals surface area (Å²) in [5.74, 6) is -0.351. The number of nitrogens with two attached hydrogens (primary N) is 1. The first-order valence-electron chi connectivity index (χ1n) is 5.03. The second-order valence-corrected chi connectivity index (χ2v) is 3.82. The molecule has 0 aliphatic carbocycles. The van der Waals surface area contributed by atoms with Gasteiger partial charge in [0.1, 0.15) is 0 Å². The minimum Gasteiger partial charge on any atom is -0.388 e. The van der Waals surface area contributed by atoms with Crippen LogP contribution in [0.3, 0.4) is 0 Å². The molecule has 16 heavy (non-hydrogen) atoms. The van der Waals surface area contributed by atoms with Gasteiger partial charge in [-0.15, -0.1) is 0 Å².